The molecule has 1 fully saturated rings. The minimum atomic E-state index is -3.25. The molecule has 0 saturated heterocycles. The first-order chi connectivity index (χ1) is 6.49. The number of fused-ring (bicyclic) bond motifs is 2. The molecule has 0 amide bonds. The van der Waals surface area contributed by atoms with Crippen molar-refractivity contribution in [1.82, 2.24) is 9.03 Å². The monoisotopic (exact) mass is 216 g/mol. The second-order valence-electron chi connectivity index (χ2n) is 4.29. The summed E-state index contributed by atoms with van der Waals surface area (Å²) in [6.45, 7) is 0. The Balaban J connectivity index is 2.03. The smallest absolute Gasteiger partial charge is 0.198 e. The molecule has 0 aromatic carbocycles. The number of rotatable bonds is 3. The number of hydrogen-bond acceptors (Lipinski definition) is 2. The standard InChI is InChI=1S/C9H16N2O2S/c1-11(2)14(12,13)10-9-6-7-3-4-8(9)5-7/h3-4,7-10H,5-6H2,1-2H3. The molecule has 3 unspecified atom stereocenters. The molecular weight excluding hydrogens is 200 g/mol. The average Bonchev–Trinajstić information content (AvgIpc) is 2.63. The third kappa shape index (κ3) is 1.71. The molecule has 0 radical (unpaired) electrons. The van der Waals surface area contributed by atoms with E-state index in [1.165, 1.54) is 4.31 Å². The maximum Gasteiger partial charge on any atom is 0.279 e. The second-order valence-corrected chi connectivity index (χ2v) is 6.21. The van der Waals surface area contributed by atoms with Gasteiger partial charge in [0, 0.05) is 20.1 Å². The molecule has 0 spiro atoms. The van der Waals surface area contributed by atoms with E-state index in [-0.39, 0.29) is 6.04 Å². The second kappa shape index (κ2) is 3.32. The lowest BCUT2D eigenvalue weighted by molar-refractivity contribution is 0.462. The van der Waals surface area contributed by atoms with Crippen LogP contribution in [0.2, 0.25) is 0 Å². The van der Waals surface area contributed by atoms with Gasteiger partial charge in [0.2, 0.25) is 0 Å². The molecule has 1 saturated carbocycles. The van der Waals surface area contributed by atoms with Crippen LogP contribution in [0.1, 0.15) is 12.8 Å². The van der Waals surface area contributed by atoms with Crippen molar-refractivity contribution in [2.24, 2.45) is 11.8 Å². The molecule has 80 valence electrons. The van der Waals surface area contributed by atoms with Gasteiger partial charge in [0.15, 0.2) is 0 Å². The van der Waals surface area contributed by atoms with Crippen LogP contribution in [0.3, 0.4) is 0 Å². The Morgan fingerprint density at radius 2 is 2.00 bits per heavy atom. The lowest BCUT2D eigenvalue weighted by atomic mass is 10.0. The van der Waals surface area contributed by atoms with E-state index < -0.39 is 10.2 Å². The van der Waals surface area contributed by atoms with Crippen LogP contribution in [0.15, 0.2) is 12.2 Å². The largest absolute Gasteiger partial charge is 0.279 e. The van der Waals surface area contributed by atoms with E-state index in [1.807, 2.05) is 0 Å². The van der Waals surface area contributed by atoms with Crippen molar-refractivity contribution in [3.05, 3.63) is 12.2 Å². The Kier molecular flexibility index (Phi) is 2.41. The fraction of sp³-hybridized carbons (Fsp3) is 0.778. The minimum Gasteiger partial charge on any atom is -0.198 e. The van der Waals surface area contributed by atoms with E-state index in [9.17, 15) is 8.42 Å². The predicted molar refractivity (Wildman–Crippen MR) is 54.9 cm³/mol. The lowest BCUT2D eigenvalue weighted by Crippen LogP contribution is -2.43. The SMILES string of the molecule is CN(C)S(=O)(=O)NC1CC2C=CC1C2. The highest BCUT2D eigenvalue weighted by atomic mass is 32.2. The van der Waals surface area contributed by atoms with Crippen LogP contribution >= 0.6 is 0 Å². The van der Waals surface area contributed by atoms with Gasteiger partial charge in [-0.15, -0.1) is 0 Å². The Morgan fingerprint density at radius 1 is 1.29 bits per heavy atom. The normalized spacial score (nSPS) is 35.8. The van der Waals surface area contributed by atoms with Crippen LogP contribution in [0, 0.1) is 11.8 Å². The summed E-state index contributed by atoms with van der Waals surface area (Å²) in [7, 11) is -0.161. The van der Waals surface area contributed by atoms with Gasteiger partial charge in [-0.05, 0) is 24.7 Å². The Hall–Kier alpha value is -0.390. The van der Waals surface area contributed by atoms with Gasteiger partial charge in [-0.25, -0.2) is 0 Å². The maximum absolute atomic E-state index is 11.6. The first-order valence-electron chi connectivity index (χ1n) is 4.87. The molecule has 4 nitrogen and oxygen atoms in total. The van der Waals surface area contributed by atoms with Gasteiger partial charge in [0.1, 0.15) is 0 Å². The van der Waals surface area contributed by atoms with E-state index in [1.54, 1.807) is 14.1 Å². The zero-order chi connectivity index (χ0) is 10.3. The van der Waals surface area contributed by atoms with Crippen LogP contribution in [0.4, 0.5) is 0 Å². The maximum atomic E-state index is 11.6. The highest BCUT2D eigenvalue weighted by Crippen LogP contribution is 2.39. The van der Waals surface area contributed by atoms with Gasteiger partial charge in [-0.2, -0.15) is 17.4 Å². The number of nitrogens with one attached hydrogen (secondary N) is 1. The van der Waals surface area contributed by atoms with Crippen molar-refractivity contribution in [3.8, 4) is 0 Å². The van der Waals surface area contributed by atoms with Gasteiger partial charge < -0.3 is 0 Å². The van der Waals surface area contributed by atoms with Crippen LogP contribution in [-0.4, -0.2) is 32.9 Å². The summed E-state index contributed by atoms with van der Waals surface area (Å²) in [5.74, 6) is 1.00. The van der Waals surface area contributed by atoms with Crippen LogP contribution in [0.25, 0.3) is 0 Å². The Bertz CT molecular complexity index is 348. The molecule has 2 aliphatic carbocycles. The van der Waals surface area contributed by atoms with Crippen LogP contribution < -0.4 is 4.72 Å². The first kappa shape index (κ1) is 10.1. The summed E-state index contributed by atoms with van der Waals surface area (Å²) in [6, 6.07) is 0.109. The fourth-order valence-corrected chi connectivity index (χ4v) is 3.08. The third-order valence-electron chi connectivity index (χ3n) is 3.06. The first-order valence-corrected chi connectivity index (χ1v) is 6.31. The van der Waals surface area contributed by atoms with Gasteiger partial charge in [-0.1, -0.05) is 12.2 Å². The predicted octanol–water partition coefficient (Wildman–Crippen LogP) is 0.347. The molecular formula is C9H16N2O2S. The molecule has 5 heteroatoms. The highest BCUT2D eigenvalue weighted by Gasteiger charge is 2.37. The van der Waals surface area contributed by atoms with E-state index >= 15 is 0 Å². The van der Waals surface area contributed by atoms with Crippen LogP contribution in [0.5, 0.6) is 0 Å². The van der Waals surface area contributed by atoms with Crippen molar-refractivity contribution < 1.29 is 8.42 Å². The summed E-state index contributed by atoms with van der Waals surface area (Å²) in [5, 5.41) is 0. The quantitative estimate of drug-likeness (QED) is 0.692. The van der Waals surface area contributed by atoms with Gasteiger partial charge >= 0.3 is 0 Å². The lowest BCUT2D eigenvalue weighted by Gasteiger charge is -2.21. The zero-order valence-electron chi connectivity index (χ0n) is 8.47. The van der Waals surface area contributed by atoms with E-state index in [2.05, 4.69) is 16.9 Å². The van der Waals surface area contributed by atoms with Crippen molar-refractivity contribution in [2.45, 2.75) is 18.9 Å². The molecule has 0 heterocycles. The molecule has 1 N–H and O–H groups in total. The summed E-state index contributed by atoms with van der Waals surface area (Å²) in [5.41, 5.74) is 0. The van der Waals surface area contributed by atoms with E-state index in [0.29, 0.717) is 11.8 Å². The molecule has 0 aromatic rings. The van der Waals surface area contributed by atoms with Crippen molar-refractivity contribution in [2.75, 3.05) is 14.1 Å². The molecule has 14 heavy (non-hydrogen) atoms. The average molecular weight is 216 g/mol. The Labute approximate surface area is 85.2 Å². The van der Waals surface area contributed by atoms with Crippen molar-refractivity contribution >= 4 is 10.2 Å². The number of hydrogen-bond donors (Lipinski definition) is 1. The fourth-order valence-electron chi connectivity index (χ4n) is 2.21. The summed E-state index contributed by atoms with van der Waals surface area (Å²) >= 11 is 0. The summed E-state index contributed by atoms with van der Waals surface area (Å²) < 4.78 is 27.1. The minimum absolute atomic E-state index is 0.109. The summed E-state index contributed by atoms with van der Waals surface area (Å²) in [4.78, 5) is 0. The zero-order valence-corrected chi connectivity index (χ0v) is 9.29. The van der Waals surface area contributed by atoms with Gasteiger partial charge in [-0.3, -0.25) is 0 Å². The molecule has 2 rings (SSSR count). The highest BCUT2D eigenvalue weighted by molar-refractivity contribution is 7.87. The summed E-state index contributed by atoms with van der Waals surface area (Å²) in [6.07, 6.45) is 6.40. The molecule has 0 aliphatic heterocycles. The Morgan fingerprint density at radius 3 is 2.43 bits per heavy atom. The molecule has 3 atom stereocenters. The van der Waals surface area contributed by atoms with Crippen LogP contribution in [-0.2, 0) is 10.2 Å². The van der Waals surface area contributed by atoms with Gasteiger partial charge in [0.25, 0.3) is 10.2 Å². The molecule has 0 aromatic heterocycles. The topological polar surface area (TPSA) is 49.4 Å². The molecule has 2 bridgehead atoms. The van der Waals surface area contributed by atoms with Crippen molar-refractivity contribution in [3.63, 3.8) is 0 Å². The number of nitrogens with zero attached hydrogens (tertiary/aromatic N) is 1. The van der Waals surface area contributed by atoms with Crippen molar-refractivity contribution in [1.29, 1.82) is 0 Å². The number of allylic oxidation sites excluding steroid dienone is 1. The van der Waals surface area contributed by atoms with Gasteiger partial charge in [0.05, 0.1) is 0 Å². The third-order valence-corrected chi connectivity index (χ3v) is 4.62. The van der Waals surface area contributed by atoms with E-state index in [0.717, 1.165) is 12.8 Å². The molecule has 2 aliphatic rings. The van der Waals surface area contributed by atoms with E-state index in [4.69, 9.17) is 0 Å².